The molecule has 0 fully saturated rings. The highest BCUT2D eigenvalue weighted by atomic mass is 16.5. The lowest BCUT2D eigenvalue weighted by molar-refractivity contribution is -0.128. The van der Waals surface area contributed by atoms with Crippen molar-refractivity contribution in [2.45, 2.75) is 96.8 Å². The van der Waals surface area contributed by atoms with Crippen LogP contribution >= 0.6 is 0 Å². The Morgan fingerprint density at radius 2 is 1.41 bits per heavy atom. The molecule has 0 radical (unpaired) electrons. The third kappa shape index (κ3) is 14.2. The van der Waals surface area contributed by atoms with Crippen LogP contribution in [0.15, 0.2) is 48.8 Å². The van der Waals surface area contributed by atoms with Crippen LogP contribution in [0.25, 0.3) is 6.08 Å². The number of carboxylic acids is 1. The molecule has 6 nitrogen and oxygen atoms in total. The summed E-state index contributed by atoms with van der Waals surface area (Å²) in [7, 11) is 0. The zero-order valence-electron chi connectivity index (χ0n) is 22.4. The molecule has 0 saturated heterocycles. The summed E-state index contributed by atoms with van der Waals surface area (Å²) in [6, 6.07) is 9.12. The molecule has 0 aliphatic heterocycles. The minimum absolute atomic E-state index is 0.0357. The molecule has 1 aromatic heterocycles. The van der Waals surface area contributed by atoms with E-state index in [1.165, 1.54) is 114 Å². The number of nitrogens with zero attached hydrogens (tertiary/aromatic N) is 1. The number of benzene rings is 1. The van der Waals surface area contributed by atoms with Gasteiger partial charge < -0.3 is 15.2 Å². The van der Waals surface area contributed by atoms with Crippen molar-refractivity contribution in [2.75, 3.05) is 11.9 Å². The Morgan fingerprint density at radius 3 is 1.97 bits per heavy atom. The number of anilines is 1. The Labute approximate surface area is 222 Å². The summed E-state index contributed by atoms with van der Waals surface area (Å²) in [5.74, 6) is -1.62. The minimum atomic E-state index is -1.13. The first-order valence-corrected chi connectivity index (χ1v) is 14.0. The molecule has 0 aliphatic rings. The van der Waals surface area contributed by atoms with Crippen molar-refractivity contribution in [1.82, 2.24) is 4.98 Å². The lowest BCUT2D eigenvalue weighted by atomic mass is 10.0. The van der Waals surface area contributed by atoms with Crippen LogP contribution in [0.2, 0.25) is 0 Å². The lowest BCUT2D eigenvalue weighted by Crippen LogP contribution is -2.05. The van der Waals surface area contributed by atoms with E-state index in [0.717, 1.165) is 17.8 Å². The molecule has 1 aromatic carbocycles. The number of esters is 1. The molecule has 0 bridgehead atoms. The van der Waals surface area contributed by atoms with Gasteiger partial charge >= 0.3 is 11.9 Å². The Morgan fingerprint density at radius 1 is 0.838 bits per heavy atom. The Balaban J connectivity index is 1.50. The molecule has 2 rings (SSSR count). The summed E-state index contributed by atoms with van der Waals surface area (Å²) in [6.07, 6.45) is 24.6. The molecule has 0 amide bonds. The lowest BCUT2D eigenvalue weighted by Gasteiger charge is -2.07. The van der Waals surface area contributed by atoms with Crippen LogP contribution in [0, 0.1) is 0 Å². The van der Waals surface area contributed by atoms with Crippen LogP contribution in [-0.2, 0) is 4.79 Å². The average Bonchev–Trinajstić information content (AvgIpc) is 2.90. The molecule has 2 aromatic rings. The number of hydrogen-bond donors (Lipinski definition) is 2. The predicted octanol–water partition coefficient (Wildman–Crippen LogP) is 8.29. The van der Waals surface area contributed by atoms with Gasteiger partial charge in [-0.2, -0.15) is 0 Å². The largest absolute Gasteiger partial charge is 0.478 e. The van der Waals surface area contributed by atoms with Crippen molar-refractivity contribution in [2.24, 2.45) is 0 Å². The van der Waals surface area contributed by atoms with E-state index in [1.807, 2.05) is 24.3 Å². The second kappa shape index (κ2) is 19.0. The molecule has 6 heteroatoms. The van der Waals surface area contributed by atoms with Crippen molar-refractivity contribution in [3.8, 4) is 5.75 Å². The summed E-state index contributed by atoms with van der Waals surface area (Å²) in [6.45, 7) is 3.23. The van der Waals surface area contributed by atoms with Gasteiger partial charge in [0.15, 0.2) is 0 Å². The van der Waals surface area contributed by atoms with Gasteiger partial charge in [0, 0.05) is 24.5 Å². The van der Waals surface area contributed by atoms with E-state index in [-0.39, 0.29) is 11.3 Å². The Bertz CT molecular complexity index is 940. The number of ether oxygens (including phenoxy) is 1. The third-order valence-corrected chi connectivity index (χ3v) is 6.36. The van der Waals surface area contributed by atoms with E-state index in [2.05, 4.69) is 17.2 Å². The maximum absolute atomic E-state index is 12.0. The highest BCUT2D eigenvalue weighted by Crippen LogP contribution is 2.15. The number of pyridine rings is 1. The number of aromatic nitrogens is 1. The number of carboxylic acid groups (broad SMARTS) is 1. The van der Waals surface area contributed by atoms with Crippen LogP contribution < -0.4 is 10.1 Å². The van der Waals surface area contributed by atoms with E-state index in [1.54, 1.807) is 6.08 Å². The van der Waals surface area contributed by atoms with Crippen molar-refractivity contribution >= 4 is 23.7 Å². The van der Waals surface area contributed by atoms with Gasteiger partial charge in [0.2, 0.25) is 0 Å². The molecular weight excluding hydrogens is 464 g/mol. The SMILES string of the molecule is CCCCCCCCCCCCCCCCNc1ccc(C=CC(=O)Oc2cncc(C(=O)O)c2)cc1. The molecule has 37 heavy (non-hydrogen) atoms. The van der Waals surface area contributed by atoms with Gasteiger partial charge in [-0.15, -0.1) is 0 Å². The maximum atomic E-state index is 12.0. The Kier molecular flexibility index (Phi) is 15.5. The number of unbranched alkanes of at least 4 members (excludes halogenated alkanes) is 13. The van der Waals surface area contributed by atoms with Gasteiger partial charge in [-0.25, -0.2) is 9.59 Å². The quantitative estimate of drug-likeness (QED) is 0.106. The van der Waals surface area contributed by atoms with Gasteiger partial charge in [-0.3, -0.25) is 4.98 Å². The zero-order chi connectivity index (χ0) is 26.6. The summed E-state index contributed by atoms with van der Waals surface area (Å²) >= 11 is 0. The standard InChI is InChI=1S/C31H44N2O4/c1-2-3-4-5-6-7-8-9-10-11-12-13-14-15-22-33-28-19-16-26(17-20-28)18-21-30(34)37-29-23-27(31(35)36)24-32-25-29/h16-21,23-25,33H,2-15,22H2,1H3,(H,35,36). The smallest absolute Gasteiger partial charge is 0.337 e. The normalized spacial score (nSPS) is 11.1. The summed E-state index contributed by atoms with van der Waals surface area (Å²) in [4.78, 5) is 26.8. The number of carbonyl (C=O) groups excluding carboxylic acids is 1. The van der Waals surface area contributed by atoms with Gasteiger partial charge in [0.05, 0.1) is 11.8 Å². The van der Waals surface area contributed by atoms with Crippen LogP contribution in [-0.4, -0.2) is 28.6 Å². The molecular formula is C31H44N2O4. The van der Waals surface area contributed by atoms with Gasteiger partial charge in [-0.1, -0.05) is 103 Å². The first kappa shape index (κ1) is 30.1. The number of hydrogen-bond acceptors (Lipinski definition) is 5. The fourth-order valence-electron chi connectivity index (χ4n) is 4.17. The maximum Gasteiger partial charge on any atom is 0.337 e. The molecule has 0 unspecified atom stereocenters. The Hall–Kier alpha value is -3.15. The number of aromatic carboxylic acids is 1. The summed E-state index contributed by atoms with van der Waals surface area (Å²) in [5, 5.41) is 12.4. The molecule has 0 aliphatic carbocycles. The van der Waals surface area contributed by atoms with Crippen molar-refractivity contribution < 1.29 is 19.4 Å². The van der Waals surface area contributed by atoms with E-state index in [0.29, 0.717) is 0 Å². The van der Waals surface area contributed by atoms with E-state index >= 15 is 0 Å². The van der Waals surface area contributed by atoms with Crippen LogP contribution in [0.5, 0.6) is 5.75 Å². The second-order valence-corrected chi connectivity index (χ2v) is 9.61. The first-order chi connectivity index (χ1) is 18.1. The minimum Gasteiger partial charge on any atom is -0.478 e. The van der Waals surface area contributed by atoms with Crippen molar-refractivity contribution in [3.05, 3.63) is 59.9 Å². The monoisotopic (exact) mass is 508 g/mol. The zero-order valence-corrected chi connectivity index (χ0v) is 22.4. The average molecular weight is 509 g/mol. The highest BCUT2D eigenvalue weighted by Gasteiger charge is 2.07. The number of nitrogens with one attached hydrogen (secondary N) is 1. The fraction of sp³-hybridized carbons (Fsp3) is 0.516. The van der Waals surface area contributed by atoms with Gasteiger partial charge in [0.1, 0.15) is 5.75 Å². The molecule has 1 heterocycles. The fourth-order valence-corrected chi connectivity index (χ4v) is 4.17. The topological polar surface area (TPSA) is 88.5 Å². The van der Waals surface area contributed by atoms with Gasteiger partial charge in [-0.05, 0) is 36.3 Å². The summed E-state index contributed by atoms with van der Waals surface area (Å²) in [5.41, 5.74) is 1.90. The van der Waals surface area contributed by atoms with E-state index in [9.17, 15) is 9.59 Å². The number of rotatable bonds is 20. The van der Waals surface area contributed by atoms with Crippen LogP contribution in [0.1, 0.15) is 113 Å². The van der Waals surface area contributed by atoms with Crippen molar-refractivity contribution in [1.29, 1.82) is 0 Å². The summed E-state index contributed by atoms with van der Waals surface area (Å²) < 4.78 is 5.12. The molecule has 2 N–H and O–H groups in total. The van der Waals surface area contributed by atoms with Crippen LogP contribution in [0.4, 0.5) is 5.69 Å². The second-order valence-electron chi connectivity index (χ2n) is 9.61. The van der Waals surface area contributed by atoms with Crippen LogP contribution in [0.3, 0.4) is 0 Å². The molecule has 202 valence electrons. The molecule has 0 atom stereocenters. The molecule has 0 spiro atoms. The predicted molar refractivity (Wildman–Crippen MR) is 151 cm³/mol. The van der Waals surface area contributed by atoms with E-state index in [4.69, 9.17) is 9.84 Å². The number of carbonyl (C=O) groups is 2. The van der Waals surface area contributed by atoms with Gasteiger partial charge in [0.25, 0.3) is 0 Å². The third-order valence-electron chi connectivity index (χ3n) is 6.36. The van der Waals surface area contributed by atoms with Crippen molar-refractivity contribution in [3.63, 3.8) is 0 Å². The van der Waals surface area contributed by atoms with E-state index < -0.39 is 11.9 Å². The molecule has 0 saturated carbocycles. The first-order valence-electron chi connectivity index (χ1n) is 14.0. The highest BCUT2D eigenvalue weighted by molar-refractivity contribution is 5.90.